The van der Waals surface area contributed by atoms with Gasteiger partial charge in [-0.05, 0) is 86.1 Å². The van der Waals surface area contributed by atoms with Crippen LogP contribution < -0.4 is 31.6 Å². The summed E-state index contributed by atoms with van der Waals surface area (Å²) in [5.41, 5.74) is 16.3. The van der Waals surface area contributed by atoms with E-state index in [1.165, 1.54) is 37.6 Å². The number of Topliss-reactive ketones (excluding diaryl/α,β-unsaturated/α-hetero) is 3. The number of nitrogens with two attached hydrogens (primary N) is 2. The average molecular weight is 921 g/mol. The highest BCUT2D eigenvalue weighted by molar-refractivity contribution is 6.01. The van der Waals surface area contributed by atoms with E-state index in [-0.39, 0.29) is 88.7 Å². The molecule has 14 nitrogen and oxygen atoms in total. The number of amides is 3. The number of nitriles is 1. The van der Waals surface area contributed by atoms with Crippen molar-refractivity contribution in [1.82, 2.24) is 15.5 Å². The van der Waals surface area contributed by atoms with Gasteiger partial charge in [0.2, 0.25) is 17.7 Å². The average Bonchev–Trinajstić information content (AvgIpc) is 3.31. The zero-order valence-corrected chi connectivity index (χ0v) is 40.3. The Labute approximate surface area is 396 Å². The summed E-state index contributed by atoms with van der Waals surface area (Å²) >= 11 is 0. The second-order valence-electron chi connectivity index (χ2n) is 17.7. The van der Waals surface area contributed by atoms with Crippen LogP contribution in [0.1, 0.15) is 136 Å². The van der Waals surface area contributed by atoms with E-state index in [1.807, 2.05) is 37.3 Å². The number of rotatable bonds is 25. The first kappa shape index (κ1) is 53.7. The lowest BCUT2D eigenvalue weighted by Crippen LogP contribution is -2.45. The number of nitrogens with zero attached hydrogens (tertiary/aromatic N) is 2. The largest absolute Gasteiger partial charge is 0.492 e. The molecule has 0 saturated carbocycles. The lowest BCUT2D eigenvalue weighted by molar-refractivity contribution is -0.142. The third-order valence-corrected chi connectivity index (χ3v) is 12.3. The molecule has 3 aromatic carbocycles. The second-order valence-corrected chi connectivity index (χ2v) is 17.7. The van der Waals surface area contributed by atoms with Crippen molar-refractivity contribution in [3.63, 3.8) is 0 Å². The number of benzene rings is 3. The van der Waals surface area contributed by atoms with Crippen molar-refractivity contribution in [1.29, 1.82) is 5.26 Å². The van der Waals surface area contributed by atoms with Crippen molar-refractivity contribution in [3.05, 3.63) is 82.4 Å². The van der Waals surface area contributed by atoms with Crippen molar-refractivity contribution < 1.29 is 38.2 Å². The van der Waals surface area contributed by atoms with Crippen LogP contribution in [0.15, 0.2) is 54.6 Å². The van der Waals surface area contributed by atoms with Gasteiger partial charge in [0.05, 0.1) is 12.1 Å². The molecule has 0 unspecified atom stereocenters. The number of aryl methyl sites for hydroxylation is 2. The Kier molecular flexibility index (Phi) is 22.2. The van der Waals surface area contributed by atoms with Crippen LogP contribution in [0.25, 0.3) is 11.1 Å². The predicted molar refractivity (Wildman–Crippen MR) is 259 cm³/mol. The molecule has 0 radical (unpaired) electrons. The number of nitrogens with one attached hydrogen (secondary N) is 2. The zero-order valence-electron chi connectivity index (χ0n) is 40.3. The molecule has 0 saturated heterocycles. The second kappa shape index (κ2) is 27.7. The van der Waals surface area contributed by atoms with Gasteiger partial charge >= 0.3 is 0 Å². The molecular weight excluding hydrogens is 849 g/mol. The molecule has 3 aromatic rings. The molecule has 14 heteroatoms. The Balaban J connectivity index is 1.81. The summed E-state index contributed by atoms with van der Waals surface area (Å²) in [6.07, 6.45) is 7.48. The van der Waals surface area contributed by atoms with Gasteiger partial charge in [-0.3, -0.25) is 28.8 Å². The van der Waals surface area contributed by atoms with Gasteiger partial charge in [0, 0.05) is 87.3 Å². The van der Waals surface area contributed by atoms with Crippen LogP contribution in [0.4, 0.5) is 0 Å². The third-order valence-electron chi connectivity index (χ3n) is 12.3. The highest BCUT2D eigenvalue weighted by Gasteiger charge is 2.36. The standard InChI is InChI=1S/C53H72N6O8/c1-6-8-9-10-11-12-14-37-16-20-41(35(3)29-37)46(61)34-40(19-23-50(63)57-7-2)53(65)59(5)51-39-18-22-49(67-28-26-56)43(33-39)42-31-38(17-21-48(42)66-27-25-55)32-44(45(60)15-13-24-54)58-52(64)36(4)30-47(51)62/h16-18,20-22,29,31,33,36,40,44,51H,6-15,19,23,25-28,30,32,34,55-56H2,1-5H3,(H,57,63)(H,58,64)/t36-,40-,44+,51+/m1/s1. The summed E-state index contributed by atoms with van der Waals surface area (Å²) in [7, 11) is 1.50. The van der Waals surface area contributed by atoms with Gasteiger partial charge in [0.15, 0.2) is 17.3 Å². The molecule has 1 heterocycles. The van der Waals surface area contributed by atoms with Crippen molar-refractivity contribution in [2.45, 2.75) is 130 Å². The van der Waals surface area contributed by atoms with Crippen LogP contribution in [-0.2, 0) is 36.8 Å². The van der Waals surface area contributed by atoms with Gasteiger partial charge in [-0.15, -0.1) is 0 Å². The first-order valence-electron chi connectivity index (χ1n) is 24.1. The van der Waals surface area contributed by atoms with Crippen molar-refractivity contribution >= 4 is 35.1 Å². The van der Waals surface area contributed by atoms with Crippen molar-refractivity contribution in [3.8, 4) is 28.7 Å². The quantitative estimate of drug-likeness (QED) is 0.0498. The van der Waals surface area contributed by atoms with Gasteiger partial charge in [0.25, 0.3) is 0 Å². The highest BCUT2D eigenvalue weighted by Crippen LogP contribution is 2.41. The first-order chi connectivity index (χ1) is 32.3. The summed E-state index contributed by atoms with van der Waals surface area (Å²) in [5, 5.41) is 14.9. The number of unbranched alkanes of at least 4 members (excludes halogenated alkanes) is 5. The Morgan fingerprint density at radius 1 is 0.881 bits per heavy atom. The van der Waals surface area contributed by atoms with Gasteiger partial charge < -0.3 is 36.5 Å². The third kappa shape index (κ3) is 15.9. The molecule has 4 bridgehead atoms. The highest BCUT2D eigenvalue weighted by atomic mass is 16.5. The van der Waals surface area contributed by atoms with E-state index < -0.39 is 41.5 Å². The Bertz CT molecular complexity index is 2220. The van der Waals surface area contributed by atoms with Gasteiger partial charge in [-0.1, -0.05) is 76.3 Å². The van der Waals surface area contributed by atoms with Crippen LogP contribution in [0, 0.1) is 30.1 Å². The summed E-state index contributed by atoms with van der Waals surface area (Å²) in [5.74, 6) is -3.44. The number of carbonyl (C=O) groups excluding carboxylic acids is 6. The van der Waals surface area contributed by atoms with Gasteiger partial charge in [0.1, 0.15) is 30.8 Å². The van der Waals surface area contributed by atoms with Crippen LogP contribution in [0.5, 0.6) is 11.5 Å². The van der Waals surface area contributed by atoms with Gasteiger partial charge in [-0.25, -0.2) is 0 Å². The molecule has 4 atom stereocenters. The summed E-state index contributed by atoms with van der Waals surface area (Å²) < 4.78 is 12.3. The Hall–Kier alpha value is -5.91. The minimum absolute atomic E-state index is 0.0230. The maximum atomic E-state index is 15.0. The van der Waals surface area contributed by atoms with Crippen LogP contribution in [-0.4, -0.2) is 85.9 Å². The SMILES string of the molecule is CCCCCCCCc1ccc(C(=O)C[C@@H](CCC(=O)NCC)C(=O)N(C)[C@@H]2C(=O)C[C@@H](C)C(=O)N[C@H](C(=O)CCC#N)Cc3ccc(OCCN)c(c3)-c3cc2ccc3OCCN)c(C)c1. The molecule has 0 aromatic heterocycles. The number of fused-ring (bicyclic) bond motifs is 5. The van der Waals surface area contributed by atoms with Crippen LogP contribution >= 0.6 is 0 Å². The number of hydrogen-bond donors (Lipinski definition) is 4. The van der Waals surface area contributed by atoms with Crippen LogP contribution in [0.3, 0.4) is 0 Å². The molecule has 6 N–H and O–H groups in total. The lowest BCUT2D eigenvalue weighted by atomic mass is 9.87. The number of hydrogen-bond acceptors (Lipinski definition) is 11. The zero-order chi connectivity index (χ0) is 48.9. The van der Waals surface area contributed by atoms with Crippen molar-refractivity contribution in [2.24, 2.45) is 23.3 Å². The normalized spacial score (nSPS) is 16.5. The first-order valence-corrected chi connectivity index (χ1v) is 24.1. The molecule has 67 heavy (non-hydrogen) atoms. The lowest BCUT2D eigenvalue weighted by Gasteiger charge is -2.32. The molecule has 1 aliphatic rings. The monoisotopic (exact) mass is 921 g/mol. The fourth-order valence-electron chi connectivity index (χ4n) is 8.67. The number of carbonyl (C=O) groups is 6. The van der Waals surface area contributed by atoms with E-state index in [2.05, 4.69) is 17.6 Å². The smallest absolute Gasteiger partial charge is 0.226 e. The molecule has 0 aliphatic carbocycles. The van der Waals surface area contributed by atoms with Crippen molar-refractivity contribution in [2.75, 3.05) is 39.9 Å². The fourth-order valence-corrected chi connectivity index (χ4v) is 8.67. The predicted octanol–water partition coefficient (Wildman–Crippen LogP) is 7.05. The van der Waals surface area contributed by atoms with Gasteiger partial charge in [-0.2, -0.15) is 5.26 Å². The maximum absolute atomic E-state index is 15.0. The molecule has 0 fully saturated rings. The summed E-state index contributed by atoms with van der Waals surface area (Å²) in [4.78, 5) is 85.6. The van der Waals surface area contributed by atoms with E-state index in [4.69, 9.17) is 20.9 Å². The summed E-state index contributed by atoms with van der Waals surface area (Å²) in [6, 6.07) is 16.1. The van der Waals surface area contributed by atoms with Crippen LogP contribution in [0.2, 0.25) is 0 Å². The van der Waals surface area contributed by atoms with E-state index in [0.29, 0.717) is 45.9 Å². The minimum Gasteiger partial charge on any atom is -0.492 e. The fraction of sp³-hybridized carbons (Fsp3) is 0.528. The molecule has 4 rings (SSSR count). The summed E-state index contributed by atoms with van der Waals surface area (Å²) in [6.45, 7) is 8.63. The van der Waals surface area contributed by atoms with E-state index in [9.17, 15) is 29.2 Å². The number of ether oxygens (including phenoxy) is 2. The molecular formula is C53H72N6O8. The van der Waals surface area contributed by atoms with E-state index in [0.717, 1.165) is 30.4 Å². The Morgan fingerprint density at radius 3 is 2.21 bits per heavy atom. The Morgan fingerprint density at radius 2 is 1.55 bits per heavy atom. The number of ketones is 3. The molecule has 1 aliphatic heterocycles. The van der Waals surface area contributed by atoms with E-state index in [1.54, 1.807) is 44.2 Å². The topological polar surface area (TPSA) is 224 Å². The molecule has 3 amide bonds. The molecule has 0 spiro atoms. The minimum atomic E-state index is -1.26. The number of likely N-dealkylation sites (N-methyl/N-ethyl adjacent to an activating group) is 1. The maximum Gasteiger partial charge on any atom is 0.226 e. The van der Waals surface area contributed by atoms with E-state index >= 15 is 4.79 Å². The molecule has 362 valence electrons.